The Morgan fingerprint density at radius 2 is 2.04 bits per heavy atom. The summed E-state index contributed by atoms with van der Waals surface area (Å²) in [7, 11) is 0. The molecule has 1 N–H and O–H groups in total. The number of rotatable bonds is 3. The van der Waals surface area contributed by atoms with Gasteiger partial charge in [-0.3, -0.25) is 14.6 Å². The van der Waals surface area contributed by atoms with Gasteiger partial charge in [-0.15, -0.1) is 0 Å². The average molecular weight is 309 g/mol. The molecule has 1 aromatic heterocycles. The van der Waals surface area contributed by atoms with E-state index in [1.165, 1.54) is 6.20 Å². The molecule has 0 saturated carbocycles. The zero-order chi connectivity index (χ0) is 16.2. The van der Waals surface area contributed by atoms with Crippen LogP contribution < -0.4 is 5.32 Å². The summed E-state index contributed by atoms with van der Waals surface area (Å²) in [6.45, 7) is 3.75. The minimum Gasteiger partial charge on any atom is -0.338 e. The van der Waals surface area contributed by atoms with Gasteiger partial charge in [0.25, 0.3) is 11.8 Å². The number of carbonyl (C=O) groups is 2. The second kappa shape index (κ2) is 6.60. The molecule has 1 fully saturated rings. The largest absolute Gasteiger partial charge is 0.338 e. The van der Waals surface area contributed by atoms with Crippen LogP contribution in [0.5, 0.6) is 0 Å². The van der Waals surface area contributed by atoms with Gasteiger partial charge in [0, 0.05) is 36.7 Å². The Hall–Kier alpha value is -2.69. The highest BCUT2D eigenvalue weighted by Gasteiger charge is 2.24. The van der Waals surface area contributed by atoms with E-state index in [4.69, 9.17) is 0 Å². The fraction of sp³-hybridized carbons (Fsp3) is 0.278. The van der Waals surface area contributed by atoms with Gasteiger partial charge in [-0.1, -0.05) is 13.0 Å². The van der Waals surface area contributed by atoms with Gasteiger partial charge in [0.2, 0.25) is 0 Å². The van der Waals surface area contributed by atoms with E-state index in [2.05, 4.69) is 17.2 Å². The molecule has 2 amide bonds. The van der Waals surface area contributed by atoms with Gasteiger partial charge in [-0.05, 0) is 42.7 Å². The van der Waals surface area contributed by atoms with Crippen molar-refractivity contribution in [1.29, 1.82) is 0 Å². The standard InChI is InChI=1S/C18H19N3O2/c1-13-7-9-21(12-13)18(23)14-4-2-6-16(10-14)20-17(22)15-5-3-8-19-11-15/h2-6,8,10-11,13H,7,9,12H2,1H3,(H,20,22)/t13-/m1/s1. The van der Waals surface area contributed by atoms with Crippen LogP contribution in [0.4, 0.5) is 5.69 Å². The van der Waals surface area contributed by atoms with E-state index in [0.29, 0.717) is 22.7 Å². The molecule has 118 valence electrons. The van der Waals surface area contributed by atoms with E-state index in [0.717, 1.165) is 19.5 Å². The molecule has 2 heterocycles. The monoisotopic (exact) mass is 309 g/mol. The molecule has 1 aliphatic heterocycles. The Kier molecular flexibility index (Phi) is 4.37. The van der Waals surface area contributed by atoms with Crippen LogP contribution in [0.15, 0.2) is 48.8 Å². The molecular weight excluding hydrogens is 290 g/mol. The average Bonchev–Trinajstić information content (AvgIpc) is 3.01. The highest BCUT2D eigenvalue weighted by molar-refractivity contribution is 6.04. The van der Waals surface area contributed by atoms with Gasteiger partial charge in [0.05, 0.1) is 5.56 Å². The lowest BCUT2D eigenvalue weighted by Gasteiger charge is -2.16. The predicted octanol–water partition coefficient (Wildman–Crippen LogP) is 2.82. The summed E-state index contributed by atoms with van der Waals surface area (Å²) in [6, 6.07) is 10.5. The van der Waals surface area contributed by atoms with Gasteiger partial charge in [-0.25, -0.2) is 0 Å². The van der Waals surface area contributed by atoms with E-state index in [9.17, 15) is 9.59 Å². The van der Waals surface area contributed by atoms with Crippen molar-refractivity contribution in [3.05, 3.63) is 59.9 Å². The number of nitrogens with one attached hydrogen (secondary N) is 1. The Bertz CT molecular complexity index is 715. The third-order valence-electron chi connectivity index (χ3n) is 4.00. The number of nitrogens with zero attached hydrogens (tertiary/aromatic N) is 2. The highest BCUT2D eigenvalue weighted by atomic mass is 16.2. The number of carbonyl (C=O) groups excluding carboxylic acids is 2. The smallest absolute Gasteiger partial charge is 0.257 e. The third-order valence-corrected chi connectivity index (χ3v) is 4.00. The first-order valence-corrected chi connectivity index (χ1v) is 7.74. The fourth-order valence-corrected chi connectivity index (χ4v) is 2.73. The van der Waals surface area contributed by atoms with Crippen LogP contribution in [-0.4, -0.2) is 34.8 Å². The number of hydrogen-bond acceptors (Lipinski definition) is 3. The molecular formula is C18H19N3O2. The van der Waals surface area contributed by atoms with Gasteiger partial charge >= 0.3 is 0 Å². The molecule has 1 atom stereocenters. The van der Waals surface area contributed by atoms with Crippen molar-refractivity contribution in [2.75, 3.05) is 18.4 Å². The first-order chi connectivity index (χ1) is 11.1. The van der Waals surface area contributed by atoms with Crippen LogP contribution in [0, 0.1) is 5.92 Å². The number of pyridine rings is 1. The molecule has 0 bridgehead atoms. The second-order valence-electron chi connectivity index (χ2n) is 5.92. The van der Waals surface area contributed by atoms with E-state index >= 15 is 0 Å². The number of anilines is 1. The summed E-state index contributed by atoms with van der Waals surface area (Å²) in [6.07, 6.45) is 4.17. The van der Waals surface area contributed by atoms with Crippen molar-refractivity contribution < 1.29 is 9.59 Å². The van der Waals surface area contributed by atoms with Crippen molar-refractivity contribution in [1.82, 2.24) is 9.88 Å². The Morgan fingerprint density at radius 1 is 1.22 bits per heavy atom. The molecule has 0 spiro atoms. The lowest BCUT2D eigenvalue weighted by molar-refractivity contribution is 0.0787. The van der Waals surface area contributed by atoms with Crippen LogP contribution in [0.1, 0.15) is 34.1 Å². The third kappa shape index (κ3) is 3.56. The van der Waals surface area contributed by atoms with Gasteiger partial charge in [-0.2, -0.15) is 0 Å². The van der Waals surface area contributed by atoms with Crippen molar-refractivity contribution >= 4 is 17.5 Å². The normalized spacial score (nSPS) is 17.1. The molecule has 3 rings (SSSR count). The Balaban J connectivity index is 1.72. The van der Waals surface area contributed by atoms with Crippen molar-refractivity contribution in [2.24, 2.45) is 5.92 Å². The number of likely N-dealkylation sites (tertiary alicyclic amines) is 1. The van der Waals surface area contributed by atoms with Crippen LogP contribution in [-0.2, 0) is 0 Å². The van der Waals surface area contributed by atoms with Crippen LogP contribution in [0.2, 0.25) is 0 Å². The van der Waals surface area contributed by atoms with Crippen LogP contribution >= 0.6 is 0 Å². The number of amides is 2. The molecule has 5 heteroatoms. The zero-order valence-electron chi connectivity index (χ0n) is 13.0. The Labute approximate surface area is 135 Å². The van der Waals surface area contributed by atoms with E-state index in [1.54, 1.807) is 42.6 Å². The maximum atomic E-state index is 12.5. The summed E-state index contributed by atoms with van der Waals surface area (Å²) in [5.74, 6) is 0.330. The minimum absolute atomic E-state index is 0.0202. The summed E-state index contributed by atoms with van der Waals surface area (Å²) in [5.41, 5.74) is 1.69. The van der Waals surface area contributed by atoms with Gasteiger partial charge < -0.3 is 10.2 Å². The predicted molar refractivity (Wildman–Crippen MR) is 88.3 cm³/mol. The van der Waals surface area contributed by atoms with Gasteiger partial charge in [0.1, 0.15) is 0 Å². The zero-order valence-corrected chi connectivity index (χ0v) is 13.0. The topological polar surface area (TPSA) is 62.3 Å². The molecule has 1 aromatic carbocycles. The second-order valence-corrected chi connectivity index (χ2v) is 5.92. The molecule has 0 radical (unpaired) electrons. The molecule has 0 unspecified atom stereocenters. The van der Waals surface area contributed by atoms with Crippen LogP contribution in [0.25, 0.3) is 0 Å². The number of hydrogen-bond donors (Lipinski definition) is 1. The summed E-state index contributed by atoms with van der Waals surface area (Å²) in [4.78, 5) is 30.5. The maximum absolute atomic E-state index is 12.5. The number of aromatic nitrogens is 1. The van der Waals surface area contributed by atoms with Gasteiger partial charge in [0.15, 0.2) is 0 Å². The summed E-state index contributed by atoms with van der Waals surface area (Å²) in [5, 5.41) is 2.80. The molecule has 1 aliphatic rings. The highest BCUT2D eigenvalue weighted by Crippen LogP contribution is 2.19. The summed E-state index contributed by atoms with van der Waals surface area (Å²) >= 11 is 0. The first-order valence-electron chi connectivity index (χ1n) is 7.74. The molecule has 5 nitrogen and oxygen atoms in total. The van der Waals surface area contributed by atoms with E-state index < -0.39 is 0 Å². The van der Waals surface area contributed by atoms with Crippen molar-refractivity contribution in [3.8, 4) is 0 Å². The van der Waals surface area contributed by atoms with Crippen molar-refractivity contribution in [3.63, 3.8) is 0 Å². The molecule has 0 aliphatic carbocycles. The molecule has 1 saturated heterocycles. The minimum atomic E-state index is -0.238. The fourth-order valence-electron chi connectivity index (χ4n) is 2.73. The van der Waals surface area contributed by atoms with E-state index in [1.807, 2.05) is 4.90 Å². The summed E-state index contributed by atoms with van der Waals surface area (Å²) < 4.78 is 0. The van der Waals surface area contributed by atoms with E-state index in [-0.39, 0.29) is 11.8 Å². The maximum Gasteiger partial charge on any atom is 0.257 e. The van der Waals surface area contributed by atoms with Crippen molar-refractivity contribution in [2.45, 2.75) is 13.3 Å². The number of benzene rings is 1. The van der Waals surface area contributed by atoms with Crippen LogP contribution in [0.3, 0.4) is 0 Å². The molecule has 23 heavy (non-hydrogen) atoms. The lowest BCUT2D eigenvalue weighted by Crippen LogP contribution is -2.28. The molecule has 2 aromatic rings. The Morgan fingerprint density at radius 3 is 2.74 bits per heavy atom. The lowest BCUT2D eigenvalue weighted by atomic mass is 10.1. The first kappa shape index (κ1) is 15.2. The SMILES string of the molecule is C[C@@H]1CCN(C(=O)c2cccc(NC(=O)c3cccnc3)c2)C1. The quantitative estimate of drug-likeness (QED) is 0.948.